The maximum Gasteiger partial charge on any atom is 0.260 e. The smallest absolute Gasteiger partial charge is 0.260 e. The molecule has 6 heteroatoms. The minimum Gasteiger partial charge on any atom is -0.484 e. The molecule has 1 heterocycles. The third-order valence-corrected chi connectivity index (χ3v) is 5.61. The Morgan fingerprint density at radius 2 is 1.57 bits per heavy atom. The van der Waals surface area contributed by atoms with Gasteiger partial charge in [-0.25, -0.2) is 0 Å². The van der Waals surface area contributed by atoms with Crippen molar-refractivity contribution in [2.75, 3.05) is 51.8 Å². The highest BCUT2D eigenvalue weighted by molar-refractivity contribution is 5.94. The lowest BCUT2D eigenvalue weighted by Gasteiger charge is -2.22. The van der Waals surface area contributed by atoms with E-state index in [2.05, 4.69) is 0 Å². The average Bonchev–Trinajstić information content (AvgIpc) is 3.00. The van der Waals surface area contributed by atoms with Gasteiger partial charge in [0, 0.05) is 51.5 Å². The molecule has 0 bridgehead atoms. The Labute approximate surface area is 179 Å². The molecule has 0 aliphatic carbocycles. The fourth-order valence-electron chi connectivity index (χ4n) is 3.49. The van der Waals surface area contributed by atoms with Gasteiger partial charge in [-0.3, -0.25) is 9.59 Å². The lowest BCUT2D eigenvalue weighted by atomic mass is 10.1. The zero-order chi connectivity index (χ0) is 21.7. The molecule has 1 fully saturated rings. The SMILES string of the molecule is Cc1ccc(OCC(=O)N2CCCN(C(=O)c3ccc(N(C)C)cc3)CC2)cc1C. The molecule has 1 saturated heterocycles. The van der Waals surface area contributed by atoms with Gasteiger partial charge in [-0.1, -0.05) is 6.07 Å². The third-order valence-electron chi connectivity index (χ3n) is 5.61. The maximum absolute atomic E-state index is 12.9. The second-order valence-corrected chi connectivity index (χ2v) is 8.00. The summed E-state index contributed by atoms with van der Waals surface area (Å²) in [6, 6.07) is 13.5. The summed E-state index contributed by atoms with van der Waals surface area (Å²) in [6.07, 6.45) is 0.761. The number of nitrogens with zero attached hydrogens (tertiary/aromatic N) is 3. The van der Waals surface area contributed by atoms with E-state index in [0.717, 1.165) is 17.7 Å². The van der Waals surface area contributed by atoms with Gasteiger partial charge in [0.05, 0.1) is 0 Å². The van der Waals surface area contributed by atoms with Gasteiger partial charge in [0.2, 0.25) is 0 Å². The first-order valence-corrected chi connectivity index (χ1v) is 10.4. The van der Waals surface area contributed by atoms with Crippen LogP contribution in [0, 0.1) is 13.8 Å². The van der Waals surface area contributed by atoms with Gasteiger partial charge in [0.15, 0.2) is 6.61 Å². The summed E-state index contributed by atoms with van der Waals surface area (Å²) < 4.78 is 5.70. The molecule has 2 aromatic carbocycles. The predicted molar refractivity (Wildman–Crippen MR) is 119 cm³/mol. The van der Waals surface area contributed by atoms with Crippen LogP contribution >= 0.6 is 0 Å². The molecule has 0 spiro atoms. The van der Waals surface area contributed by atoms with Gasteiger partial charge in [0.25, 0.3) is 11.8 Å². The van der Waals surface area contributed by atoms with E-state index in [1.807, 2.05) is 80.2 Å². The Kier molecular flexibility index (Phi) is 6.98. The van der Waals surface area contributed by atoms with Crippen LogP contribution in [-0.2, 0) is 4.79 Å². The van der Waals surface area contributed by atoms with Crippen molar-refractivity contribution in [2.45, 2.75) is 20.3 Å². The van der Waals surface area contributed by atoms with Crippen molar-refractivity contribution < 1.29 is 14.3 Å². The first-order valence-electron chi connectivity index (χ1n) is 10.4. The van der Waals surface area contributed by atoms with Crippen LogP contribution in [0.5, 0.6) is 5.75 Å². The van der Waals surface area contributed by atoms with Crippen molar-refractivity contribution in [3.05, 3.63) is 59.2 Å². The van der Waals surface area contributed by atoms with Gasteiger partial charge in [-0.2, -0.15) is 0 Å². The summed E-state index contributed by atoms with van der Waals surface area (Å²) in [7, 11) is 3.95. The summed E-state index contributed by atoms with van der Waals surface area (Å²) in [5.41, 5.74) is 4.08. The molecular formula is C24H31N3O3. The molecule has 2 amide bonds. The highest BCUT2D eigenvalue weighted by Crippen LogP contribution is 2.17. The molecule has 0 unspecified atom stereocenters. The van der Waals surface area contributed by atoms with Crippen LogP contribution in [0.25, 0.3) is 0 Å². The van der Waals surface area contributed by atoms with Crippen LogP contribution in [0.1, 0.15) is 27.9 Å². The number of benzene rings is 2. The third kappa shape index (κ3) is 5.32. The van der Waals surface area contributed by atoms with E-state index in [9.17, 15) is 9.59 Å². The zero-order valence-electron chi connectivity index (χ0n) is 18.4. The van der Waals surface area contributed by atoms with Crippen molar-refractivity contribution in [3.63, 3.8) is 0 Å². The molecule has 0 atom stereocenters. The van der Waals surface area contributed by atoms with Gasteiger partial charge < -0.3 is 19.4 Å². The molecule has 1 aliphatic rings. The van der Waals surface area contributed by atoms with Crippen molar-refractivity contribution in [1.82, 2.24) is 9.80 Å². The summed E-state index contributed by atoms with van der Waals surface area (Å²) in [6.45, 7) is 6.43. The monoisotopic (exact) mass is 409 g/mol. The van der Waals surface area contributed by atoms with Gasteiger partial charge in [0.1, 0.15) is 5.75 Å². The number of carbonyl (C=O) groups is 2. The summed E-state index contributed by atoms with van der Waals surface area (Å²) >= 11 is 0. The average molecular weight is 410 g/mol. The van der Waals surface area contributed by atoms with Crippen LogP contribution < -0.4 is 9.64 Å². The Bertz CT molecular complexity index is 893. The standard InChI is InChI=1S/C24H31N3O3/c1-18-6-11-22(16-19(18)2)30-17-23(28)26-12-5-13-27(15-14-26)24(29)20-7-9-21(10-8-20)25(3)4/h6-11,16H,5,12-15,17H2,1-4H3. The number of amides is 2. The van der Waals surface area contributed by atoms with Gasteiger partial charge in [-0.15, -0.1) is 0 Å². The number of hydrogen-bond donors (Lipinski definition) is 0. The Balaban J connectivity index is 1.54. The van der Waals surface area contributed by atoms with Crippen LogP contribution in [0.2, 0.25) is 0 Å². The normalized spacial score (nSPS) is 14.3. The fourth-order valence-corrected chi connectivity index (χ4v) is 3.49. The number of hydrogen-bond acceptors (Lipinski definition) is 4. The molecule has 0 radical (unpaired) electrons. The molecule has 0 N–H and O–H groups in total. The second kappa shape index (κ2) is 9.65. The molecule has 1 aliphatic heterocycles. The number of rotatable bonds is 5. The first-order chi connectivity index (χ1) is 14.3. The topological polar surface area (TPSA) is 53.1 Å². The first kappa shape index (κ1) is 21.7. The highest BCUT2D eigenvalue weighted by Gasteiger charge is 2.23. The number of ether oxygens (including phenoxy) is 1. The molecule has 6 nitrogen and oxygen atoms in total. The summed E-state index contributed by atoms with van der Waals surface area (Å²) in [5, 5.41) is 0. The van der Waals surface area contributed by atoms with E-state index in [0.29, 0.717) is 37.5 Å². The van der Waals surface area contributed by atoms with Gasteiger partial charge >= 0.3 is 0 Å². The van der Waals surface area contributed by atoms with Crippen LogP contribution in [0.3, 0.4) is 0 Å². The van der Waals surface area contributed by atoms with Crippen LogP contribution in [0.4, 0.5) is 5.69 Å². The zero-order valence-corrected chi connectivity index (χ0v) is 18.4. The van der Waals surface area contributed by atoms with E-state index in [1.54, 1.807) is 4.90 Å². The number of carbonyl (C=O) groups excluding carboxylic acids is 2. The number of aryl methyl sites for hydroxylation is 2. The lowest BCUT2D eigenvalue weighted by Crippen LogP contribution is -2.39. The predicted octanol–water partition coefficient (Wildman–Crippen LogP) is 3.12. The van der Waals surface area contributed by atoms with E-state index < -0.39 is 0 Å². The fraction of sp³-hybridized carbons (Fsp3) is 0.417. The molecule has 30 heavy (non-hydrogen) atoms. The Hall–Kier alpha value is -3.02. The molecule has 3 rings (SSSR count). The molecule has 2 aromatic rings. The van der Waals surface area contributed by atoms with Crippen molar-refractivity contribution in [2.24, 2.45) is 0 Å². The van der Waals surface area contributed by atoms with Crippen LogP contribution in [0.15, 0.2) is 42.5 Å². The van der Waals surface area contributed by atoms with Gasteiger partial charge in [-0.05, 0) is 67.8 Å². The molecule has 0 saturated carbocycles. The van der Waals surface area contributed by atoms with Crippen molar-refractivity contribution in [1.29, 1.82) is 0 Å². The minimum atomic E-state index is -0.0436. The van der Waals surface area contributed by atoms with E-state index in [4.69, 9.17) is 4.74 Å². The summed E-state index contributed by atoms with van der Waals surface area (Å²) in [4.78, 5) is 31.1. The van der Waals surface area contributed by atoms with Crippen LogP contribution in [-0.4, -0.2) is 68.5 Å². The quantitative estimate of drug-likeness (QED) is 0.761. The maximum atomic E-state index is 12.9. The van der Waals surface area contributed by atoms with E-state index in [-0.39, 0.29) is 18.4 Å². The largest absolute Gasteiger partial charge is 0.484 e. The second-order valence-electron chi connectivity index (χ2n) is 8.00. The highest BCUT2D eigenvalue weighted by atomic mass is 16.5. The molecular weight excluding hydrogens is 378 g/mol. The lowest BCUT2D eigenvalue weighted by molar-refractivity contribution is -0.133. The van der Waals surface area contributed by atoms with Crippen molar-refractivity contribution in [3.8, 4) is 5.75 Å². The minimum absolute atomic E-state index is 0.0148. The van der Waals surface area contributed by atoms with Crippen molar-refractivity contribution >= 4 is 17.5 Å². The molecule has 160 valence electrons. The Morgan fingerprint density at radius 3 is 2.23 bits per heavy atom. The molecule has 0 aromatic heterocycles. The van der Waals surface area contributed by atoms with E-state index >= 15 is 0 Å². The number of anilines is 1. The Morgan fingerprint density at radius 1 is 0.900 bits per heavy atom. The summed E-state index contributed by atoms with van der Waals surface area (Å²) in [5.74, 6) is 0.679. The van der Waals surface area contributed by atoms with E-state index in [1.165, 1.54) is 5.56 Å².